The topological polar surface area (TPSA) is 55.7 Å². The summed E-state index contributed by atoms with van der Waals surface area (Å²) >= 11 is 0. The monoisotopic (exact) mass is 252 g/mol. The summed E-state index contributed by atoms with van der Waals surface area (Å²) < 4.78 is 0. The first-order valence-corrected chi connectivity index (χ1v) is 6.61. The molecular formula is C14H24N2O2. The Kier molecular flexibility index (Phi) is 6.54. The van der Waals surface area contributed by atoms with Gasteiger partial charge >= 0.3 is 0 Å². The quantitative estimate of drug-likeness (QED) is 0.489. The van der Waals surface area contributed by atoms with Crippen LogP contribution in [0.5, 0.6) is 11.5 Å². The van der Waals surface area contributed by atoms with Crippen molar-refractivity contribution in [3.8, 4) is 11.5 Å². The minimum absolute atomic E-state index is 0.0197. The van der Waals surface area contributed by atoms with Crippen molar-refractivity contribution >= 4 is 0 Å². The normalized spacial score (nSPS) is 11.1. The van der Waals surface area contributed by atoms with Gasteiger partial charge in [-0.25, -0.2) is 0 Å². The number of rotatable bonds is 8. The maximum Gasteiger partial charge on any atom is 0.161 e. The van der Waals surface area contributed by atoms with Gasteiger partial charge in [-0.2, -0.15) is 0 Å². The van der Waals surface area contributed by atoms with E-state index in [0.29, 0.717) is 6.54 Å². The Labute approximate surface area is 109 Å². The minimum atomic E-state index is -0.0579. The number of para-hydroxylation sites is 1. The Morgan fingerprint density at radius 3 is 2.56 bits per heavy atom. The largest absolute Gasteiger partial charge is 0.504 e. The van der Waals surface area contributed by atoms with E-state index in [1.165, 1.54) is 6.07 Å². The second-order valence-corrected chi connectivity index (χ2v) is 4.34. The molecule has 0 heterocycles. The van der Waals surface area contributed by atoms with Gasteiger partial charge in [0.15, 0.2) is 11.5 Å². The molecule has 1 rings (SSSR count). The van der Waals surface area contributed by atoms with Gasteiger partial charge < -0.3 is 20.4 Å². The molecule has 0 bridgehead atoms. The van der Waals surface area contributed by atoms with Gasteiger partial charge in [-0.15, -0.1) is 0 Å². The van der Waals surface area contributed by atoms with Crippen molar-refractivity contribution in [2.75, 3.05) is 26.2 Å². The van der Waals surface area contributed by atoms with Gasteiger partial charge in [0.25, 0.3) is 0 Å². The molecule has 0 spiro atoms. The zero-order valence-electron chi connectivity index (χ0n) is 11.3. The first-order chi connectivity index (χ1) is 8.69. The van der Waals surface area contributed by atoms with Gasteiger partial charge in [0.05, 0.1) is 0 Å². The predicted octanol–water partition coefficient (Wildman–Crippen LogP) is 1.92. The van der Waals surface area contributed by atoms with Crippen LogP contribution in [0.3, 0.4) is 0 Å². The lowest BCUT2D eigenvalue weighted by Gasteiger charge is -2.17. The summed E-state index contributed by atoms with van der Waals surface area (Å²) in [4.78, 5) is 2.38. The van der Waals surface area contributed by atoms with Crippen LogP contribution >= 0.6 is 0 Å². The van der Waals surface area contributed by atoms with Crippen molar-refractivity contribution in [1.82, 2.24) is 10.2 Å². The van der Waals surface area contributed by atoms with Crippen LogP contribution in [0.1, 0.15) is 25.8 Å². The predicted molar refractivity (Wildman–Crippen MR) is 73.9 cm³/mol. The lowest BCUT2D eigenvalue weighted by molar-refractivity contribution is 0.298. The molecule has 0 amide bonds. The molecule has 1 aromatic rings. The van der Waals surface area contributed by atoms with E-state index < -0.39 is 0 Å². The molecule has 0 aliphatic heterocycles. The molecule has 0 aromatic heterocycles. The summed E-state index contributed by atoms with van der Waals surface area (Å²) in [5.74, 6) is -0.0776. The van der Waals surface area contributed by atoms with Crippen LogP contribution < -0.4 is 5.32 Å². The Bertz CT molecular complexity index is 352. The second kappa shape index (κ2) is 7.95. The lowest BCUT2D eigenvalue weighted by Crippen LogP contribution is -2.27. The van der Waals surface area contributed by atoms with Crippen LogP contribution in [0, 0.1) is 0 Å². The molecule has 0 radical (unpaired) electrons. The molecule has 0 aliphatic rings. The lowest BCUT2D eigenvalue weighted by atomic mass is 10.2. The fourth-order valence-corrected chi connectivity index (χ4v) is 1.91. The third-order valence-corrected chi connectivity index (χ3v) is 3.14. The molecule has 18 heavy (non-hydrogen) atoms. The van der Waals surface area contributed by atoms with Crippen molar-refractivity contribution in [3.05, 3.63) is 23.8 Å². The fraction of sp³-hybridized carbons (Fsp3) is 0.571. The highest BCUT2D eigenvalue weighted by atomic mass is 16.3. The molecule has 4 nitrogen and oxygen atoms in total. The Morgan fingerprint density at radius 2 is 1.89 bits per heavy atom. The van der Waals surface area contributed by atoms with E-state index in [0.717, 1.165) is 38.2 Å². The van der Waals surface area contributed by atoms with Crippen LogP contribution in [-0.4, -0.2) is 41.3 Å². The van der Waals surface area contributed by atoms with Gasteiger partial charge in [-0.3, -0.25) is 0 Å². The number of hydrogen-bond acceptors (Lipinski definition) is 4. The molecule has 0 saturated heterocycles. The van der Waals surface area contributed by atoms with Crippen molar-refractivity contribution in [3.63, 3.8) is 0 Å². The first kappa shape index (κ1) is 14.8. The third kappa shape index (κ3) is 4.55. The van der Waals surface area contributed by atoms with Crippen molar-refractivity contribution in [2.45, 2.75) is 26.8 Å². The summed E-state index contributed by atoms with van der Waals surface area (Å²) in [6.07, 6.45) is 1.08. The van der Waals surface area contributed by atoms with Crippen molar-refractivity contribution < 1.29 is 10.2 Å². The highest BCUT2D eigenvalue weighted by Gasteiger charge is 2.04. The van der Waals surface area contributed by atoms with Crippen molar-refractivity contribution in [1.29, 1.82) is 0 Å². The van der Waals surface area contributed by atoms with Crippen LogP contribution in [0.4, 0.5) is 0 Å². The molecular weight excluding hydrogens is 228 g/mol. The average molecular weight is 252 g/mol. The summed E-state index contributed by atoms with van der Waals surface area (Å²) in [6.45, 7) is 9.09. The van der Waals surface area contributed by atoms with Gasteiger partial charge in [0, 0.05) is 12.1 Å². The Balaban J connectivity index is 2.24. The SMILES string of the molecule is CCN(CC)CCCNCc1cccc(O)c1O. The summed E-state index contributed by atoms with van der Waals surface area (Å²) in [6, 6.07) is 5.04. The fourth-order valence-electron chi connectivity index (χ4n) is 1.91. The third-order valence-electron chi connectivity index (χ3n) is 3.14. The zero-order valence-corrected chi connectivity index (χ0v) is 11.3. The maximum absolute atomic E-state index is 9.62. The first-order valence-electron chi connectivity index (χ1n) is 6.61. The molecule has 0 saturated carbocycles. The maximum atomic E-state index is 9.62. The molecule has 0 unspecified atom stereocenters. The minimum Gasteiger partial charge on any atom is -0.504 e. The van der Waals surface area contributed by atoms with E-state index in [1.54, 1.807) is 6.07 Å². The van der Waals surface area contributed by atoms with Crippen LogP contribution in [0.25, 0.3) is 0 Å². The highest BCUT2D eigenvalue weighted by molar-refractivity contribution is 5.44. The number of phenols is 2. The number of nitrogens with zero attached hydrogens (tertiary/aromatic N) is 1. The standard InChI is InChI=1S/C14H24N2O2/c1-3-16(4-2)10-6-9-15-11-12-7-5-8-13(17)14(12)18/h5,7-8,15,17-18H,3-4,6,9-11H2,1-2H3. The van der Waals surface area contributed by atoms with E-state index in [4.69, 9.17) is 0 Å². The molecule has 0 aliphatic carbocycles. The molecule has 4 heteroatoms. The molecule has 0 atom stereocenters. The van der Waals surface area contributed by atoms with E-state index in [-0.39, 0.29) is 11.5 Å². The summed E-state index contributed by atoms with van der Waals surface area (Å²) in [5.41, 5.74) is 0.734. The molecule has 3 N–H and O–H groups in total. The Morgan fingerprint density at radius 1 is 1.17 bits per heavy atom. The number of phenolic OH excluding ortho intramolecular Hbond substituents is 2. The summed E-state index contributed by atoms with van der Waals surface area (Å²) in [7, 11) is 0. The number of nitrogens with one attached hydrogen (secondary N) is 1. The molecule has 1 aromatic carbocycles. The van der Waals surface area contributed by atoms with Crippen LogP contribution in [-0.2, 0) is 6.54 Å². The van der Waals surface area contributed by atoms with Gasteiger partial charge in [-0.1, -0.05) is 26.0 Å². The smallest absolute Gasteiger partial charge is 0.161 e. The van der Waals surface area contributed by atoms with Crippen molar-refractivity contribution in [2.24, 2.45) is 0 Å². The summed E-state index contributed by atoms with van der Waals surface area (Å²) in [5, 5.41) is 22.3. The number of benzene rings is 1. The van der Waals surface area contributed by atoms with Gasteiger partial charge in [-0.05, 0) is 38.7 Å². The highest BCUT2D eigenvalue weighted by Crippen LogP contribution is 2.27. The van der Waals surface area contributed by atoms with E-state index in [9.17, 15) is 10.2 Å². The second-order valence-electron chi connectivity index (χ2n) is 4.34. The van der Waals surface area contributed by atoms with Crippen LogP contribution in [0.2, 0.25) is 0 Å². The molecule has 0 fully saturated rings. The van der Waals surface area contributed by atoms with E-state index >= 15 is 0 Å². The Hall–Kier alpha value is -1.26. The van der Waals surface area contributed by atoms with E-state index in [1.807, 2.05) is 6.07 Å². The number of hydrogen-bond donors (Lipinski definition) is 3. The molecule has 102 valence electrons. The zero-order chi connectivity index (χ0) is 13.4. The average Bonchev–Trinajstić information content (AvgIpc) is 2.38. The van der Waals surface area contributed by atoms with Gasteiger partial charge in [0.2, 0.25) is 0 Å². The van der Waals surface area contributed by atoms with Gasteiger partial charge in [0.1, 0.15) is 0 Å². The van der Waals surface area contributed by atoms with Crippen LogP contribution in [0.15, 0.2) is 18.2 Å². The van der Waals surface area contributed by atoms with E-state index in [2.05, 4.69) is 24.1 Å². The number of aromatic hydroxyl groups is 2.